The lowest BCUT2D eigenvalue weighted by atomic mass is 9.55. The van der Waals surface area contributed by atoms with E-state index in [4.69, 9.17) is 0 Å². The van der Waals surface area contributed by atoms with Crippen molar-refractivity contribution in [1.82, 2.24) is 0 Å². The smallest absolute Gasteiger partial charge is 0.0464 e. The Morgan fingerprint density at radius 1 is 0.452 bits per heavy atom. The predicted octanol–water partition coefficient (Wildman–Crippen LogP) is 8.39. The highest BCUT2D eigenvalue weighted by Crippen LogP contribution is 2.54. The second-order valence-corrected chi connectivity index (χ2v) is 9.53. The van der Waals surface area contributed by atoms with E-state index >= 15 is 0 Å². The van der Waals surface area contributed by atoms with Crippen molar-refractivity contribution < 1.29 is 0 Å². The molecule has 0 aliphatic heterocycles. The molecule has 4 aromatic carbocycles. The number of para-hydroxylation sites is 2. The van der Waals surface area contributed by atoms with Gasteiger partial charge in [-0.2, -0.15) is 0 Å². The van der Waals surface area contributed by atoms with E-state index in [1.165, 1.54) is 39.3 Å². The zero-order valence-electron chi connectivity index (χ0n) is 18.8. The summed E-state index contributed by atoms with van der Waals surface area (Å²) in [5.74, 6) is 0. The molecular weight excluding hydrogens is 374 g/mol. The van der Waals surface area contributed by atoms with Gasteiger partial charge in [0.15, 0.2) is 0 Å². The summed E-state index contributed by atoms with van der Waals surface area (Å²) in [5.41, 5.74) is 9.10. The van der Waals surface area contributed by atoms with Crippen LogP contribution in [0.5, 0.6) is 0 Å². The minimum atomic E-state index is -0.00819. The van der Waals surface area contributed by atoms with E-state index in [0.717, 1.165) is 0 Å². The minimum absolute atomic E-state index is 0.00819. The molecule has 0 amide bonds. The van der Waals surface area contributed by atoms with Gasteiger partial charge < -0.3 is 4.90 Å². The summed E-state index contributed by atoms with van der Waals surface area (Å²) in [5, 5.41) is 0. The Morgan fingerprint density at radius 3 is 1.55 bits per heavy atom. The molecule has 4 aromatic rings. The average molecular weight is 404 g/mol. The van der Waals surface area contributed by atoms with Crippen LogP contribution in [0.2, 0.25) is 0 Å². The fourth-order valence-electron chi connectivity index (χ4n) is 4.96. The van der Waals surface area contributed by atoms with Crippen LogP contribution in [0.3, 0.4) is 0 Å². The van der Waals surface area contributed by atoms with E-state index in [0.29, 0.717) is 0 Å². The summed E-state index contributed by atoms with van der Waals surface area (Å²) in [4.78, 5) is 2.35. The molecule has 1 aliphatic rings. The molecule has 31 heavy (non-hydrogen) atoms. The van der Waals surface area contributed by atoms with E-state index in [1.54, 1.807) is 0 Å². The molecule has 1 heteroatoms. The number of nitrogens with zero attached hydrogens (tertiary/aromatic N) is 1. The number of hydrogen-bond donors (Lipinski definition) is 0. The summed E-state index contributed by atoms with van der Waals surface area (Å²) in [6.45, 7) is 9.54. The first-order valence-electron chi connectivity index (χ1n) is 11.1. The fourth-order valence-corrected chi connectivity index (χ4v) is 4.96. The van der Waals surface area contributed by atoms with Crippen LogP contribution in [0, 0.1) is 0 Å². The summed E-state index contributed by atoms with van der Waals surface area (Å²) < 4.78 is 0. The number of anilines is 3. The third-order valence-corrected chi connectivity index (χ3v) is 7.42. The highest BCUT2D eigenvalue weighted by Gasteiger charge is 2.45. The largest absolute Gasteiger partial charge is 0.310 e. The molecule has 1 aliphatic carbocycles. The highest BCUT2D eigenvalue weighted by molar-refractivity contribution is 5.83. The molecule has 5 rings (SSSR count). The molecule has 0 fully saturated rings. The van der Waals surface area contributed by atoms with E-state index in [2.05, 4.69) is 136 Å². The summed E-state index contributed by atoms with van der Waals surface area (Å²) in [6.07, 6.45) is 0. The van der Waals surface area contributed by atoms with Crippen molar-refractivity contribution >= 4 is 17.1 Å². The quantitative estimate of drug-likeness (QED) is 0.332. The van der Waals surface area contributed by atoms with Crippen LogP contribution in [-0.2, 0) is 10.8 Å². The Hall–Kier alpha value is -3.32. The maximum absolute atomic E-state index is 2.41. The third-order valence-electron chi connectivity index (χ3n) is 7.42. The van der Waals surface area contributed by atoms with Gasteiger partial charge in [-0.15, -0.1) is 0 Å². The Labute approximate surface area is 186 Å². The van der Waals surface area contributed by atoms with Crippen molar-refractivity contribution in [3.05, 3.63) is 114 Å². The van der Waals surface area contributed by atoms with Gasteiger partial charge in [0, 0.05) is 17.1 Å². The zero-order chi connectivity index (χ0) is 21.6. The lowest BCUT2D eigenvalue weighted by molar-refractivity contribution is 0.299. The van der Waals surface area contributed by atoms with Gasteiger partial charge in [0.2, 0.25) is 0 Å². The van der Waals surface area contributed by atoms with E-state index in [-0.39, 0.29) is 10.8 Å². The summed E-state index contributed by atoms with van der Waals surface area (Å²) in [7, 11) is 0. The minimum Gasteiger partial charge on any atom is -0.310 e. The second kappa shape index (κ2) is 7.13. The number of benzene rings is 4. The standard InChI is InChI=1S/C30H29N/c1-29(2)27-18-12-11-17-25(27)26-20-19-24(21-28(26)30(29,3)4)31(22-13-7-5-8-14-22)23-15-9-6-10-16-23/h5-21H,1-4H3. The second-order valence-electron chi connectivity index (χ2n) is 9.53. The van der Waals surface area contributed by atoms with E-state index in [9.17, 15) is 0 Å². The third kappa shape index (κ3) is 2.99. The van der Waals surface area contributed by atoms with Gasteiger partial charge in [0.05, 0.1) is 0 Å². The SMILES string of the molecule is CC1(C)c2ccccc2-c2ccc(N(c3ccccc3)c3ccccc3)cc2C1(C)C. The summed E-state index contributed by atoms with van der Waals surface area (Å²) in [6, 6.07) is 37.2. The molecular formula is C30H29N. The first-order chi connectivity index (χ1) is 14.9. The monoisotopic (exact) mass is 403 g/mol. The van der Waals surface area contributed by atoms with Crippen molar-refractivity contribution in [1.29, 1.82) is 0 Å². The number of fused-ring (bicyclic) bond motifs is 3. The van der Waals surface area contributed by atoms with Gasteiger partial charge in [-0.3, -0.25) is 0 Å². The first kappa shape index (κ1) is 19.6. The fraction of sp³-hybridized carbons (Fsp3) is 0.200. The molecule has 1 nitrogen and oxygen atoms in total. The van der Waals surface area contributed by atoms with Gasteiger partial charge in [-0.25, -0.2) is 0 Å². The molecule has 0 saturated heterocycles. The molecule has 0 radical (unpaired) electrons. The Morgan fingerprint density at radius 2 is 0.935 bits per heavy atom. The van der Waals surface area contributed by atoms with Crippen LogP contribution in [0.4, 0.5) is 17.1 Å². The molecule has 0 N–H and O–H groups in total. The highest BCUT2D eigenvalue weighted by atomic mass is 15.1. The Bertz CT molecular complexity index is 1180. The van der Waals surface area contributed by atoms with Crippen molar-refractivity contribution in [3.8, 4) is 11.1 Å². The van der Waals surface area contributed by atoms with Gasteiger partial charge in [0.25, 0.3) is 0 Å². The zero-order valence-corrected chi connectivity index (χ0v) is 18.8. The van der Waals surface area contributed by atoms with Crippen LogP contribution in [0.15, 0.2) is 103 Å². The number of hydrogen-bond acceptors (Lipinski definition) is 1. The van der Waals surface area contributed by atoms with Crippen molar-refractivity contribution in [3.63, 3.8) is 0 Å². The summed E-state index contributed by atoms with van der Waals surface area (Å²) >= 11 is 0. The lowest BCUT2D eigenvalue weighted by Gasteiger charge is -2.48. The van der Waals surface area contributed by atoms with Gasteiger partial charge in [0.1, 0.15) is 0 Å². The average Bonchev–Trinajstić information content (AvgIpc) is 2.80. The molecule has 0 spiro atoms. The molecule has 0 bridgehead atoms. The van der Waals surface area contributed by atoms with Crippen LogP contribution in [-0.4, -0.2) is 0 Å². The molecule has 0 heterocycles. The molecule has 0 atom stereocenters. The van der Waals surface area contributed by atoms with Crippen LogP contribution in [0.25, 0.3) is 11.1 Å². The molecule has 0 saturated carbocycles. The maximum Gasteiger partial charge on any atom is 0.0464 e. The molecule has 0 aromatic heterocycles. The van der Waals surface area contributed by atoms with Crippen LogP contribution >= 0.6 is 0 Å². The topological polar surface area (TPSA) is 3.24 Å². The van der Waals surface area contributed by atoms with Gasteiger partial charge in [-0.05, 0) is 69.5 Å². The molecule has 154 valence electrons. The van der Waals surface area contributed by atoms with Gasteiger partial charge in [-0.1, -0.05) is 94.4 Å². The Kier molecular flexibility index (Phi) is 4.51. The lowest BCUT2D eigenvalue weighted by Crippen LogP contribution is -2.43. The normalized spacial score (nSPS) is 15.6. The number of rotatable bonds is 3. The Balaban J connectivity index is 1.75. The predicted molar refractivity (Wildman–Crippen MR) is 133 cm³/mol. The van der Waals surface area contributed by atoms with Crippen molar-refractivity contribution in [2.45, 2.75) is 38.5 Å². The van der Waals surface area contributed by atoms with Crippen molar-refractivity contribution in [2.24, 2.45) is 0 Å². The van der Waals surface area contributed by atoms with Gasteiger partial charge >= 0.3 is 0 Å². The van der Waals surface area contributed by atoms with Crippen molar-refractivity contribution in [2.75, 3.05) is 4.90 Å². The van der Waals surface area contributed by atoms with Crippen LogP contribution in [0.1, 0.15) is 38.8 Å². The van der Waals surface area contributed by atoms with E-state index < -0.39 is 0 Å². The van der Waals surface area contributed by atoms with Crippen LogP contribution < -0.4 is 4.90 Å². The van der Waals surface area contributed by atoms with E-state index in [1.807, 2.05) is 0 Å². The molecule has 0 unspecified atom stereocenters. The first-order valence-corrected chi connectivity index (χ1v) is 11.1. The maximum atomic E-state index is 2.41.